The van der Waals surface area contributed by atoms with Crippen molar-refractivity contribution in [3.8, 4) is 22.3 Å². The maximum absolute atomic E-state index is 11.0. The first-order chi connectivity index (χ1) is 16.3. The molecule has 0 aliphatic carbocycles. The van der Waals surface area contributed by atoms with E-state index in [1.54, 1.807) is 0 Å². The van der Waals surface area contributed by atoms with Gasteiger partial charge in [-0.05, 0) is 58.4 Å². The molecule has 176 valence electrons. The summed E-state index contributed by atoms with van der Waals surface area (Å²) in [7, 11) is -3.42. The average molecular weight is 475 g/mol. The molecule has 0 bridgehead atoms. The van der Waals surface area contributed by atoms with Gasteiger partial charge in [-0.25, -0.2) is 0 Å². The summed E-state index contributed by atoms with van der Waals surface area (Å²) in [5.41, 5.74) is 8.68. The second kappa shape index (κ2) is 11.7. The maximum atomic E-state index is 11.0. The van der Waals surface area contributed by atoms with E-state index in [4.69, 9.17) is 4.18 Å². The van der Waals surface area contributed by atoms with Gasteiger partial charge in [0.05, 0.1) is 19.5 Å². The van der Waals surface area contributed by atoms with E-state index in [0.29, 0.717) is 0 Å². The predicted octanol–water partition coefficient (Wildman–Crippen LogP) is 6.29. The number of hydrogen-bond donors (Lipinski definition) is 1. The van der Waals surface area contributed by atoms with Gasteiger partial charge in [-0.3, -0.25) is 4.18 Å². The van der Waals surface area contributed by atoms with Crippen LogP contribution in [0.3, 0.4) is 0 Å². The van der Waals surface area contributed by atoms with Crippen molar-refractivity contribution in [3.63, 3.8) is 0 Å². The van der Waals surface area contributed by atoms with Crippen LogP contribution >= 0.6 is 0 Å². The molecule has 4 nitrogen and oxygen atoms in total. The van der Waals surface area contributed by atoms with Crippen molar-refractivity contribution in [2.75, 3.05) is 6.26 Å². The van der Waals surface area contributed by atoms with Crippen LogP contribution < -0.4 is 0 Å². The van der Waals surface area contributed by atoms with Crippen LogP contribution in [0.2, 0.25) is 0 Å². The summed E-state index contributed by atoms with van der Waals surface area (Å²) in [4.78, 5) is 0. The third-order valence-corrected chi connectivity index (χ3v) is 6.21. The van der Waals surface area contributed by atoms with E-state index in [9.17, 15) is 13.5 Å². The second-order valence-corrected chi connectivity index (χ2v) is 9.68. The summed E-state index contributed by atoms with van der Waals surface area (Å²) in [5.74, 6) is 0. The number of aliphatic hydroxyl groups is 1. The Labute approximate surface area is 202 Å². The Morgan fingerprint density at radius 2 is 1.09 bits per heavy atom. The fourth-order valence-corrected chi connectivity index (χ4v) is 4.07. The van der Waals surface area contributed by atoms with Gasteiger partial charge >= 0.3 is 0 Å². The quantitative estimate of drug-likeness (QED) is 0.334. The Kier molecular flexibility index (Phi) is 8.77. The lowest BCUT2D eigenvalue weighted by atomic mass is 9.97. The first-order valence-electron chi connectivity index (χ1n) is 11.0. The maximum Gasteiger partial charge on any atom is 0.264 e. The van der Waals surface area contributed by atoms with Crippen LogP contribution in [-0.2, 0) is 27.5 Å². The zero-order valence-corrected chi connectivity index (χ0v) is 20.5. The number of rotatable bonds is 6. The van der Waals surface area contributed by atoms with E-state index in [1.807, 2.05) is 92.7 Å². The van der Waals surface area contributed by atoms with E-state index in [1.165, 1.54) is 11.1 Å². The van der Waals surface area contributed by atoms with Crippen molar-refractivity contribution in [2.45, 2.75) is 27.1 Å². The third kappa shape index (κ3) is 6.87. The van der Waals surface area contributed by atoms with Gasteiger partial charge in [-0.2, -0.15) is 8.42 Å². The van der Waals surface area contributed by atoms with E-state index in [0.717, 1.165) is 39.6 Å². The van der Waals surface area contributed by atoms with Crippen LogP contribution in [0.1, 0.15) is 22.3 Å². The predicted molar refractivity (Wildman–Crippen MR) is 139 cm³/mol. The van der Waals surface area contributed by atoms with Crippen molar-refractivity contribution in [2.24, 2.45) is 0 Å². The Hall–Kier alpha value is -3.25. The highest BCUT2D eigenvalue weighted by atomic mass is 32.2. The van der Waals surface area contributed by atoms with Gasteiger partial charge in [0.2, 0.25) is 0 Å². The minimum Gasteiger partial charge on any atom is -0.392 e. The molecule has 0 spiro atoms. The summed E-state index contributed by atoms with van der Waals surface area (Å²) in [6.45, 7) is 4.20. The summed E-state index contributed by atoms with van der Waals surface area (Å²) in [5, 5.41) is 9.19. The molecule has 4 rings (SSSR count). The monoisotopic (exact) mass is 474 g/mol. The fraction of sp³-hybridized carbons (Fsp3) is 0.172. The fourth-order valence-electron chi connectivity index (χ4n) is 3.73. The van der Waals surface area contributed by atoms with Crippen LogP contribution in [-0.4, -0.2) is 19.8 Å². The van der Waals surface area contributed by atoms with Gasteiger partial charge < -0.3 is 5.11 Å². The van der Waals surface area contributed by atoms with Crippen LogP contribution in [0.5, 0.6) is 0 Å². The molecule has 0 aliphatic rings. The van der Waals surface area contributed by atoms with Crippen molar-refractivity contribution >= 4 is 10.1 Å². The molecule has 1 N–H and O–H groups in total. The van der Waals surface area contributed by atoms with Crippen molar-refractivity contribution < 1.29 is 17.7 Å². The molecule has 0 fully saturated rings. The van der Waals surface area contributed by atoms with Gasteiger partial charge in [0.25, 0.3) is 10.1 Å². The molecule has 0 unspecified atom stereocenters. The van der Waals surface area contributed by atoms with E-state index < -0.39 is 10.1 Å². The summed E-state index contributed by atoms with van der Waals surface area (Å²) >= 11 is 0. The highest BCUT2D eigenvalue weighted by molar-refractivity contribution is 7.85. The third-order valence-electron chi connectivity index (χ3n) is 5.66. The first-order valence-corrected chi connectivity index (χ1v) is 12.8. The van der Waals surface area contributed by atoms with Crippen LogP contribution in [0.4, 0.5) is 0 Å². The molecule has 0 amide bonds. The summed E-state index contributed by atoms with van der Waals surface area (Å²) in [6, 6.07) is 32.1. The van der Waals surface area contributed by atoms with Crippen LogP contribution in [0.15, 0.2) is 97.1 Å². The van der Waals surface area contributed by atoms with Crippen molar-refractivity contribution in [3.05, 3.63) is 119 Å². The lowest BCUT2D eigenvalue weighted by Crippen LogP contribution is -2.04. The Morgan fingerprint density at radius 3 is 1.53 bits per heavy atom. The van der Waals surface area contributed by atoms with E-state index in [-0.39, 0.29) is 13.2 Å². The zero-order valence-electron chi connectivity index (χ0n) is 19.7. The molecule has 0 radical (unpaired) electrons. The van der Waals surface area contributed by atoms with Gasteiger partial charge in [0.15, 0.2) is 0 Å². The van der Waals surface area contributed by atoms with Crippen LogP contribution in [0.25, 0.3) is 22.3 Å². The lowest BCUT2D eigenvalue weighted by molar-refractivity contribution is 0.281. The minimum absolute atomic E-state index is 0.0747. The van der Waals surface area contributed by atoms with Crippen molar-refractivity contribution in [1.29, 1.82) is 0 Å². The molecule has 4 aromatic carbocycles. The topological polar surface area (TPSA) is 63.6 Å². The first kappa shape index (κ1) is 25.4. The number of benzene rings is 4. The molecule has 5 heteroatoms. The highest BCUT2D eigenvalue weighted by Crippen LogP contribution is 2.26. The smallest absolute Gasteiger partial charge is 0.264 e. The number of aliphatic hydroxyl groups excluding tert-OH is 1. The molecule has 0 aliphatic heterocycles. The summed E-state index contributed by atoms with van der Waals surface area (Å²) in [6.07, 6.45) is 1.06. The van der Waals surface area contributed by atoms with E-state index in [2.05, 4.69) is 18.2 Å². The SMILES string of the molecule is Cc1c(CO)cccc1-c1ccccc1.Cc1c(COS(C)(=O)=O)cccc1-c1ccccc1. The molecule has 0 saturated heterocycles. The van der Waals surface area contributed by atoms with Gasteiger partial charge in [-0.15, -0.1) is 0 Å². The Balaban J connectivity index is 0.000000196. The molecule has 34 heavy (non-hydrogen) atoms. The molecule has 0 atom stereocenters. The zero-order chi connectivity index (χ0) is 24.6. The molecular formula is C29H30O4S. The molecule has 0 heterocycles. The highest BCUT2D eigenvalue weighted by Gasteiger charge is 2.09. The Bertz CT molecular complexity index is 1320. The standard InChI is InChI=1S/C15H16O3S.C14H14O/c1-12-14(11-18-19(2,16)17)9-6-10-15(12)13-7-4-3-5-8-13;1-11-13(10-15)8-5-9-14(11)12-6-3-2-4-7-12/h3-10H,11H2,1-2H3;2-9,15H,10H2,1H3. The van der Waals surface area contributed by atoms with Gasteiger partial charge in [-0.1, -0.05) is 97.1 Å². The summed E-state index contributed by atoms with van der Waals surface area (Å²) < 4.78 is 27.0. The van der Waals surface area contributed by atoms with E-state index >= 15 is 0 Å². The normalized spacial score (nSPS) is 10.9. The second-order valence-electron chi connectivity index (χ2n) is 8.04. The average Bonchev–Trinajstić information content (AvgIpc) is 2.84. The van der Waals surface area contributed by atoms with Crippen LogP contribution in [0, 0.1) is 13.8 Å². The Morgan fingerprint density at radius 1 is 0.647 bits per heavy atom. The molecule has 4 aromatic rings. The largest absolute Gasteiger partial charge is 0.392 e. The minimum atomic E-state index is -3.42. The van der Waals surface area contributed by atoms with Gasteiger partial charge in [0, 0.05) is 0 Å². The molecule has 0 aromatic heterocycles. The molecular weight excluding hydrogens is 444 g/mol. The van der Waals surface area contributed by atoms with Crippen molar-refractivity contribution in [1.82, 2.24) is 0 Å². The number of hydrogen-bond acceptors (Lipinski definition) is 4. The van der Waals surface area contributed by atoms with Gasteiger partial charge in [0.1, 0.15) is 0 Å². The lowest BCUT2D eigenvalue weighted by Gasteiger charge is -2.11. The molecule has 0 saturated carbocycles.